The van der Waals surface area contributed by atoms with Gasteiger partial charge in [0, 0.05) is 24.6 Å². The summed E-state index contributed by atoms with van der Waals surface area (Å²) >= 11 is 0. The monoisotopic (exact) mass is 324 g/mol. The van der Waals surface area contributed by atoms with Crippen LogP contribution < -0.4 is 4.72 Å². The van der Waals surface area contributed by atoms with Crippen LogP contribution in [0.4, 0.5) is 5.82 Å². The fraction of sp³-hybridized carbons (Fsp3) is 0.571. The minimum atomic E-state index is -3.73. The van der Waals surface area contributed by atoms with Crippen LogP contribution >= 0.6 is 0 Å². The van der Waals surface area contributed by atoms with Crippen LogP contribution in [0.3, 0.4) is 0 Å². The first-order chi connectivity index (χ1) is 10.4. The Hall–Kier alpha value is -1.83. The average molecular weight is 324 g/mol. The highest BCUT2D eigenvalue weighted by molar-refractivity contribution is 7.92. The Balaban J connectivity index is 1.93. The van der Waals surface area contributed by atoms with Crippen LogP contribution in [0.2, 0.25) is 0 Å². The van der Waals surface area contributed by atoms with Gasteiger partial charge in [-0.3, -0.25) is 9.40 Å². The predicted octanol–water partition coefficient (Wildman–Crippen LogP) is 2.35. The van der Waals surface area contributed by atoms with Crippen molar-refractivity contribution in [1.82, 2.24) is 14.9 Å². The molecule has 2 aromatic heterocycles. The lowest BCUT2D eigenvalue weighted by molar-refractivity contribution is 0.383. The van der Waals surface area contributed by atoms with Crippen molar-refractivity contribution >= 4 is 15.8 Å². The van der Waals surface area contributed by atoms with E-state index in [9.17, 15) is 8.42 Å². The first kappa shape index (κ1) is 15.1. The van der Waals surface area contributed by atoms with Crippen LogP contribution in [0.15, 0.2) is 15.7 Å². The van der Waals surface area contributed by atoms with E-state index < -0.39 is 10.0 Å². The van der Waals surface area contributed by atoms with E-state index >= 15 is 0 Å². The van der Waals surface area contributed by atoms with Gasteiger partial charge >= 0.3 is 0 Å². The van der Waals surface area contributed by atoms with Crippen LogP contribution in [0.1, 0.15) is 49.0 Å². The van der Waals surface area contributed by atoms with E-state index in [-0.39, 0.29) is 10.8 Å². The van der Waals surface area contributed by atoms with Gasteiger partial charge in [0.15, 0.2) is 10.8 Å². The largest absolute Gasteiger partial charge is 0.359 e. The maximum atomic E-state index is 12.7. The van der Waals surface area contributed by atoms with E-state index in [0.29, 0.717) is 11.7 Å². The Labute approximate surface area is 129 Å². The van der Waals surface area contributed by atoms with Gasteiger partial charge < -0.3 is 4.52 Å². The normalized spacial score (nSPS) is 15.2. The number of anilines is 1. The summed E-state index contributed by atoms with van der Waals surface area (Å²) in [7, 11) is -2.09. The van der Waals surface area contributed by atoms with Crippen molar-refractivity contribution in [2.24, 2.45) is 7.05 Å². The fourth-order valence-electron chi connectivity index (χ4n) is 2.55. The summed E-state index contributed by atoms with van der Waals surface area (Å²) in [6.07, 6.45) is 5.31. The number of aromatic nitrogens is 3. The smallest absolute Gasteiger partial charge is 0.280 e. The van der Waals surface area contributed by atoms with E-state index in [4.69, 9.17) is 4.52 Å². The molecule has 1 saturated carbocycles. The SMILES string of the molecule is CCCc1onc(NS(=O)(=O)c2c(C3CC3)cnn2C)c1C. The molecule has 0 aromatic carbocycles. The Morgan fingerprint density at radius 2 is 2.18 bits per heavy atom. The second-order valence-electron chi connectivity index (χ2n) is 5.74. The molecule has 2 heterocycles. The molecule has 0 saturated heterocycles. The lowest BCUT2D eigenvalue weighted by Crippen LogP contribution is -2.19. The zero-order chi connectivity index (χ0) is 15.9. The third kappa shape index (κ3) is 2.63. The molecule has 0 spiro atoms. The van der Waals surface area contributed by atoms with Gasteiger partial charge in [-0.1, -0.05) is 12.1 Å². The molecule has 3 rings (SSSR count). The van der Waals surface area contributed by atoms with Gasteiger partial charge in [-0.25, -0.2) is 0 Å². The van der Waals surface area contributed by atoms with Crippen molar-refractivity contribution in [3.05, 3.63) is 23.1 Å². The van der Waals surface area contributed by atoms with Gasteiger partial charge in [-0.15, -0.1) is 0 Å². The third-order valence-corrected chi connectivity index (χ3v) is 5.38. The van der Waals surface area contributed by atoms with Crippen molar-refractivity contribution in [2.75, 3.05) is 4.72 Å². The van der Waals surface area contributed by atoms with E-state index in [1.807, 2.05) is 13.8 Å². The van der Waals surface area contributed by atoms with E-state index in [0.717, 1.165) is 36.8 Å². The molecule has 0 unspecified atom stereocenters. The van der Waals surface area contributed by atoms with Crippen molar-refractivity contribution < 1.29 is 12.9 Å². The molecule has 2 aromatic rings. The average Bonchev–Trinajstić information content (AvgIpc) is 3.15. The maximum absolute atomic E-state index is 12.7. The fourth-order valence-corrected chi connectivity index (χ4v) is 4.01. The number of aryl methyl sites for hydroxylation is 2. The Morgan fingerprint density at radius 3 is 2.82 bits per heavy atom. The Kier molecular flexibility index (Phi) is 3.72. The summed E-state index contributed by atoms with van der Waals surface area (Å²) < 4.78 is 34.6. The van der Waals surface area contributed by atoms with Crippen LogP contribution in [0.5, 0.6) is 0 Å². The van der Waals surface area contributed by atoms with E-state index in [1.165, 1.54) is 4.68 Å². The number of nitrogens with zero attached hydrogens (tertiary/aromatic N) is 3. The molecule has 0 radical (unpaired) electrons. The quantitative estimate of drug-likeness (QED) is 0.881. The predicted molar refractivity (Wildman–Crippen MR) is 81.2 cm³/mol. The van der Waals surface area contributed by atoms with Crippen molar-refractivity contribution in [2.45, 2.75) is 50.5 Å². The summed E-state index contributed by atoms with van der Waals surface area (Å²) in [5, 5.41) is 8.17. The first-order valence-corrected chi connectivity index (χ1v) is 8.92. The van der Waals surface area contributed by atoms with Crippen LogP contribution in [0, 0.1) is 6.92 Å². The van der Waals surface area contributed by atoms with Gasteiger partial charge in [-0.05, 0) is 32.1 Å². The highest BCUT2D eigenvalue weighted by Crippen LogP contribution is 2.42. The minimum absolute atomic E-state index is 0.217. The molecule has 7 nitrogen and oxygen atoms in total. The van der Waals surface area contributed by atoms with Gasteiger partial charge in [0.2, 0.25) is 0 Å². The molecular formula is C14H20N4O3S. The lowest BCUT2D eigenvalue weighted by Gasteiger charge is -2.08. The molecule has 1 fully saturated rings. The molecule has 1 N–H and O–H groups in total. The number of nitrogens with one attached hydrogen (secondary N) is 1. The second kappa shape index (κ2) is 5.42. The summed E-state index contributed by atoms with van der Waals surface area (Å²) in [5.41, 5.74) is 1.52. The molecule has 0 amide bonds. The molecule has 120 valence electrons. The van der Waals surface area contributed by atoms with Crippen molar-refractivity contribution in [3.63, 3.8) is 0 Å². The molecule has 8 heteroatoms. The molecule has 0 bridgehead atoms. The van der Waals surface area contributed by atoms with Gasteiger partial charge in [0.05, 0.1) is 6.20 Å². The standard InChI is InChI=1S/C14H20N4O3S/c1-4-5-12-9(2)13(16-21-12)17-22(19,20)14-11(10-6-7-10)8-15-18(14)3/h8,10H,4-7H2,1-3H3,(H,16,17). The Morgan fingerprint density at radius 1 is 1.45 bits per heavy atom. The van der Waals surface area contributed by atoms with E-state index in [1.54, 1.807) is 13.2 Å². The molecule has 0 aliphatic heterocycles. The number of rotatable bonds is 6. The summed E-state index contributed by atoms with van der Waals surface area (Å²) in [4.78, 5) is 0. The molecule has 1 aliphatic rings. The van der Waals surface area contributed by atoms with Crippen LogP contribution in [-0.2, 0) is 23.5 Å². The topological polar surface area (TPSA) is 90.0 Å². The third-order valence-electron chi connectivity index (χ3n) is 3.91. The maximum Gasteiger partial charge on any atom is 0.280 e. The van der Waals surface area contributed by atoms with Gasteiger partial charge in [-0.2, -0.15) is 13.5 Å². The van der Waals surface area contributed by atoms with E-state index in [2.05, 4.69) is 15.0 Å². The molecule has 0 atom stereocenters. The second-order valence-corrected chi connectivity index (χ2v) is 7.34. The first-order valence-electron chi connectivity index (χ1n) is 7.44. The van der Waals surface area contributed by atoms with Gasteiger partial charge in [0.25, 0.3) is 10.0 Å². The number of sulfonamides is 1. The molecular weight excluding hydrogens is 304 g/mol. The molecule has 22 heavy (non-hydrogen) atoms. The molecule has 1 aliphatic carbocycles. The summed E-state index contributed by atoms with van der Waals surface area (Å²) in [6.45, 7) is 3.84. The van der Waals surface area contributed by atoms with Crippen molar-refractivity contribution in [3.8, 4) is 0 Å². The van der Waals surface area contributed by atoms with Crippen LogP contribution in [0.25, 0.3) is 0 Å². The highest BCUT2D eigenvalue weighted by atomic mass is 32.2. The number of hydrogen-bond donors (Lipinski definition) is 1. The number of hydrogen-bond acceptors (Lipinski definition) is 5. The van der Waals surface area contributed by atoms with Crippen molar-refractivity contribution in [1.29, 1.82) is 0 Å². The minimum Gasteiger partial charge on any atom is -0.359 e. The summed E-state index contributed by atoms with van der Waals surface area (Å²) in [5.74, 6) is 1.27. The summed E-state index contributed by atoms with van der Waals surface area (Å²) in [6, 6.07) is 0. The van der Waals surface area contributed by atoms with Gasteiger partial charge in [0.1, 0.15) is 5.76 Å². The highest BCUT2D eigenvalue weighted by Gasteiger charge is 2.34. The zero-order valence-electron chi connectivity index (χ0n) is 13.0. The zero-order valence-corrected chi connectivity index (χ0v) is 13.8. The van der Waals surface area contributed by atoms with Crippen LogP contribution in [-0.4, -0.2) is 23.4 Å². The Bertz CT molecular complexity index is 787. The lowest BCUT2D eigenvalue weighted by atomic mass is 10.2.